The molecule has 0 spiro atoms. The van der Waals surface area contributed by atoms with Crippen molar-refractivity contribution in [2.45, 2.75) is 13.8 Å². The molecule has 0 bridgehead atoms. The van der Waals surface area contributed by atoms with E-state index in [0.29, 0.717) is 5.56 Å². The molecule has 0 saturated heterocycles. The molecule has 0 aliphatic rings. The first-order valence-corrected chi connectivity index (χ1v) is 4.55. The number of rotatable bonds is 2. The molecule has 82 valence electrons. The summed E-state index contributed by atoms with van der Waals surface area (Å²) in [4.78, 5) is 23.0. The SMILES string of the molecule is CCOC(=O)c1c(O)c(C)cn(C)c1=O. The van der Waals surface area contributed by atoms with Gasteiger partial charge in [-0.15, -0.1) is 0 Å². The maximum atomic E-state index is 11.6. The van der Waals surface area contributed by atoms with Gasteiger partial charge in [0.05, 0.1) is 6.61 Å². The van der Waals surface area contributed by atoms with Crippen LogP contribution in [-0.4, -0.2) is 22.2 Å². The monoisotopic (exact) mass is 211 g/mol. The van der Waals surface area contributed by atoms with Gasteiger partial charge >= 0.3 is 5.97 Å². The van der Waals surface area contributed by atoms with Crippen LogP contribution in [0.1, 0.15) is 22.8 Å². The van der Waals surface area contributed by atoms with Gasteiger partial charge in [0.25, 0.3) is 5.56 Å². The lowest BCUT2D eigenvalue weighted by atomic mass is 10.2. The summed E-state index contributed by atoms with van der Waals surface area (Å²) in [6.07, 6.45) is 1.46. The van der Waals surface area contributed by atoms with Crippen LogP contribution in [0, 0.1) is 6.92 Å². The largest absolute Gasteiger partial charge is 0.506 e. The van der Waals surface area contributed by atoms with Crippen molar-refractivity contribution in [2.75, 3.05) is 6.61 Å². The Morgan fingerprint density at radius 2 is 2.20 bits per heavy atom. The summed E-state index contributed by atoms with van der Waals surface area (Å²) in [5, 5.41) is 9.59. The van der Waals surface area contributed by atoms with Crippen molar-refractivity contribution in [2.24, 2.45) is 7.05 Å². The Kier molecular flexibility index (Phi) is 3.14. The summed E-state index contributed by atoms with van der Waals surface area (Å²) in [7, 11) is 1.51. The number of esters is 1. The number of hydrogen-bond acceptors (Lipinski definition) is 4. The van der Waals surface area contributed by atoms with Crippen LogP contribution in [0.25, 0.3) is 0 Å². The maximum absolute atomic E-state index is 11.6. The third-order valence-corrected chi connectivity index (χ3v) is 2.01. The number of carbonyl (C=O) groups is 1. The molecule has 1 rings (SSSR count). The van der Waals surface area contributed by atoms with Gasteiger partial charge in [0, 0.05) is 18.8 Å². The molecule has 0 amide bonds. The molecule has 0 saturated carbocycles. The van der Waals surface area contributed by atoms with Gasteiger partial charge in [-0.05, 0) is 13.8 Å². The first-order chi connectivity index (χ1) is 6.99. The minimum absolute atomic E-state index is 0.162. The van der Waals surface area contributed by atoms with E-state index in [9.17, 15) is 14.7 Å². The summed E-state index contributed by atoms with van der Waals surface area (Å²) in [5.41, 5.74) is -0.406. The molecule has 0 fully saturated rings. The van der Waals surface area contributed by atoms with Crippen molar-refractivity contribution in [1.82, 2.24) is 4.57 Å². The van der Waals surface area contributed by atoms with E-state index in [-0.39, 0.29) is 17.9 Å². The van der Waals surface area contributed by atoms with E-state index < -0.39 is 11.5 Å². The summed E-state index contributed by atoms with van der Waals surface area (Å²) in [6, 6.07) is 0. The smallest absolute Gasteiger partial charge is 0.347 e. The summed E-state index contributed by atoms with van der Waals surface area (Å²) >= 11 is 0. The van der Waals surface area contributed by atoms with Gasteiger partial charge in [-0.1, -0.05) is 0 Å². The molecule has 1 aromatic heterocycles. The van der Waals surface area contributed by atoms with Gasteiger partial charge in [0.2, 0.25) is 0 Å². The Hall–Kier alpha value is -1.78. The molecule has 5 nitrogen and oxygen atoms in total. The number of aryl methyl sites for hydroxylation is 2. The van der Waals surface area contributed by atoms with Crippen molar-refractivity contribution >= 4 is 5.97 Å². The molecule has 0 radical (unpaired) electrons. The summed E-state index contributed by atoms with van der Waals surface area (Å²) in [6.45, 7) is 3.40. The molecule has 0 unspecified atom stereocenters. The lowest BCUT2D eigenvalue weighted by Gasteiger charge is -2.08. The molecule has 1 N–H and O–H groups in total. The molecular weight excluding hydrogens is 198 g/mol. The summed E-state index contributed by atoms with van der Waals surface area (Å²) in [5.74, 6) is -1.10. The Balaban J connectivity index is 3.39. The predicted molar refractivity (Wildman–Crippen MR) is 54.0 cm³/mol. The van der Waals surface area contributed by atoms with Crippen LogP contribution < -0.4 is 5.56 Å². The molecule has 5 heteroatoms. The van der Waals surface area contributed by atoms with Crippen LogP contribution in [0.2, 0.25) is 0 Å². The van der Waals surface area contributed by atoms with Crippen molar-refractivity contribution in [3.8, 4) is 5.75 Å². The number of aromatic nitrogens is 1. The van der Waals surface area contributed by atoms with Gasteiger partial charge < -0.3 is 14.4 Å². The third-order valence-electron chi connectivity index (χ3n) is 2.01. The van der Waals surface area contributed by atoms with Crippen molar-refractivity contribution < 1.29 is 14.6 Å². The molecule has 0 aliphatic heterocycles. The van der Waals surface area contributed by atoms with E-state index in [0.717, 1.165) is 0 Å². The Labute approximate surface area is 86.9 Å². The highest BCUT2D eigenvalue weighted by Gasteiger charge is 2.19. The molecule has 0 aliphatic carbocycles. The molecule has 1 heterocycles. The Morgan fingerprint density at radius 1 is 1.60 bits per heavy atom. The van der Waals surface area contributed by atoms with E-state index in [1.165, 1.54) is 17.8 Å². The average Bonchev–Trinajstić information content (AvgIpc) is 2.16. The van der Waals surface area contributed by atoms with E-state index in [4.69, 9.17) is 0 Å². The molecule has 0 atom stereocenters. The number of aromatic hydroxyl groups is 1. The van der Waals surface area contributed by atoms with E-state index in [2.05, 4.69) is 4.74 Å². The van der Waals surface area contributed by atoms with Crippen molar-refractivity contribution in [3.63, 3.8) is 0 Å². The second kappa shape index (κ2) is 4.16. The number of hydrogen-bond donors (Lipinski definition) is 1. The maximum Gasteiger partial charge on any atom is 0.347 e. The minimum atomic E-state index is -0.792. The van der Waals surface area contributed by atoms with Crippen molar-refractivity contribution in [1.29, 1.82) is 0 Å². The van der Waals surface area contributed by atoms with E-state index in [1.54, 1.807) is 13.8 Å². The standard InChI is InChI=1S/C10H13NO4/c1-4-15-10(14)7-8(12)6(2)5-11(3)9(7)13/h5,12H,4H2,1-3H3. The lowest BCUT2D eigenvalue weighted by molar-refractivity contribution is 0.0520. The molecule has 0 aromatic carbocycles. The second-order valence-corrected chi connectivity index (χ2v) is 3.17. The zero-order valence-electron chi connectivity index (χ0n) is 8.90. The van der Waals surface area contributed by atoms with Gasteiger partial charge in [-0.2, -0.15) is 0 Å². The predicted octanol–water partition coefficient (Wildman–Crippen LogP) is 0.576. The van der Waals surface area contributed by atoms with Crippen molar-refractivity contribution in [3.05, 3.63) is 27.7 Å². The zero-order chi connectivity index (χ0) is 11.6. The van der Waals surface area contributed by atoms with Crippen LogP contribution >= 0.6 is 0 Å². The molecular formula is C10H13NO4. The molecule has 1 aromatic rings. The number of pyridine rings is 1. The molecule has 15 heavy (non-hydrogen) atoms. The second-order valence-electron chi connectivity index (χ2n) is 3.17. The van der Waals surface area contributed by atoms with E-state index in [1.807, 2.05) is 0 Å². The first-order valence-electron chi connectivity index (χ1n) is 4.55. The highest BCUT2D eigenvalue weighted by Crippen LogP contribution is 2.18. The normalized spacial score (nSPS) is 10.1. The van der Waals surface area contributed by atoms with E-state index >= 15 is 0 Å². The number of carbonyl (C=O) groups excluding carboxylic acids is 1. The quantitative estimate of drug-likeness (QED) is 0.726. The fourth-order valence-corrected chi connectivity index (χ4v) is 1.27. The topological polar surface area (TPSA) is 68.5 Å². The van der Waals surface area contributed by atoms with Gasteiger partial charge in [0.15, 0.2) is 5.56 Å². The van der Waals surface area contributed by atoms with Gasteiger partial charge in [-0.3, -0.25) is 4.79 Å². The van der Waals surface area contributed by atoms with Crippen LogP contribution in [0.5, 0.6) is 5.75 Å². The summed E-state index contributed by atoms with van der Waals surface area (Å²) < 4.78 is 5.92. The number of ether oxygens (including phenoxy) is 1. The zero-order valence-corrected chi connectivity index (χ0v) is 8.90. The Morgan fingerprint density at radius 3 is 2.73 bits per heavy atom. The lowest BCUT2D eigenvalue weighted by Crippen LogP contribution is -2.25. The first kappa shape index (κ1) is 11.3. The van der Waals surface area contributed by atoms with Crippen LogP contribution in [0.15, 0.2) is 11.0 Å². The Bertz CT molecular complexity index is 447. The fourth-order valence-electron chi connectivity index (χ4n) is 1.27. The van der Waals surface area contributed by atoms with Gasteiger partial charge in [0.1, 0.15) is 5.75 Å². The van der Waals surface area contributed by atoms with Crippen LogP contribution in [0.4, 0.5) is 0 Å². The minimum Gasteiger partial charge on any atom is -0.506 e. The highest BCUT2D eigenvalue weighted by atomic mass is 16.5. The number of nitrogens with zero attached hydrogens (tertiary/aromatic N) is 1. The van der Waals surface area contributed by atoms with Crippen LogP contribution in [0.3, 0.4) is 0 Å². The average molecular weight is 211 g/mol. The highest BCUT2D eigenvalue weighted by molar-refractivity contribution is 5.92. The fraction of sp³-hybridized carbons (Fsp3) is 0.400. The third kappa shape index (κ3) is 2.01. The van der Waals surface area contributed by atoms with Crippen LogP contribution in [-0.2, 0) is 11.8 Å². The van der Waals surface area contributed by atoms with Gasteiger partial charge in [-0.25, -0.2) is 4.79 Å².